The van der Waals surface area contributed by atoms with E-state index in [1.807, 2.05) is 0 Å². The standard InChI is InChI=1S/C13H26O4Si2/c1-4-7-18(2)17-19(3)8-5-6-11-9-12(14)16-13(15)10-11/h11,18-19H,4-10H2,1-3H3. The van der Waals surface area contributed by atoms with Gasteiger partial charge in [-0.1, -0.05) is 19.8 Å². The highest BCUT2D eigenvalue weighted by Crippen LogP contribution is 2.23. The van der Waals surface area contributed by atoms with Crippen LogP contribution in [-0.2, 0) is 18.4 Å². The fourth-order valence-electron chi connectivity index (χ4n) is 2.59. The minimum absolute atomic E-state index is 0.195. The average Bonchev–Trinajstić information content (AvgIpc) is 2.27. The quantitative estimate of drug-likeness (QED) is 0.392. The summed E-state index contributed by atoms with van der Waals surface area (Å²) in [5.41, 5.74) is 0. The lowest BCUT2D eigenvalue weighted by Gasteiger charge is -2.21. The zero-order valence-electron chi connectivity index (χ0n) is 12.3. The summed E-state index contributed by atoms with van der Waals surface area (Å²) in [4.78, 5) is 22.3. The molecule has 0 aromatic rings. The summed E-state index contributed by atoms with van der Waals surface area (Å²) < 4.78 is 10.7. The Hall–Kier alpha value is -0.466. The van der Waals surface area contributed by atoms with Crippen LogP contribution in [-0.4, -0.2) is 30.0 Å². The zero-order chi connectivity index (χ0) is 14.3. The topological polar surface area (TPSA) is 52.6 Å². The van der Waals surface area contributed by atoms with Crippen LogP contribution in [0.2, 0.25) is 25.2 Å². The second-order valence-electron chi connectivity index (χ2n) is 5.60. The second-order valence-corrected chi connectivity index (χ2v) is 11.1. The summed E-state index contributed by atoms with van der Waals surface area (Å²) in [7, 11) is -1.96. The van der Waals surface area contributed by atoms with Crippen LogP contribution in [0.25, 0.3) is 0 Å². The molecule has 19 heavy (non-hydrogen) atoms. The summed E-state index contributed by atoms with van der Waals surface area (Å²) in [6.45, 7) is 6.75. The molecule has 0 radical (unpaired) electrons. The molecule has 1 aliphatic rings. The molecule has 1 aliphatic heterocycles. The van der Waals surface area contributed by atoms with E-state index in [4.69, 9.17) is 4.12 Å². The predicted molar refractivity (Wildman–Crippen MR) is 80.1 cm³/mol. The van der Waals surface area contributed by atoms with Crippen LogP contribution in [0.4, 0.5) is 0 Å². The minimum atomic E-state index is -1.03. The van der Waals surface area contributed by atoms with E-state index in [1.54, 1.807) is 0 Å². The first-order valence-corrected chi connectivity index (χ1v) is 12.3. The molecular weight excluding hydrogens is 276 g/mol. The van der Waals surface area contributed by atoms with E-state index in [2.05, 4.69) is 24.8 Å². The molecule has 6 heteroatoms. The van der Waals surface area contributed by atoms with E-state index in [0.717, 1.165) is 18.9 Å². The molecule has 0 saturated carbocycles. The summed E-state index contributed by atoms with van der Waals surface area (Å²) in [6, 6.07) is 2.42. The maximum atomic E-state index is 11.1. The number of carbonyl (C=O) groups excluding carboxylic acids is 2. The van der Waals surface area contributed by atoms with Crippen LogP contribution < -0.4 is 0 Å². The number of hydrogen-bond donors (Lipinski definition) is 0. The molecule has 0 amide bonds. The van der Waals surface area contributed by atoms with Crippen molar-refractivity contribution < 1.29 is 18.4 Å². The lowest BCUT2D eigenvalue weighted by atomic mass is 9.95. The fraction of sp³-hybridized carbons (Fsp3) is 0.846. The molecular formula is C13H26O4Si2. The Balaban J connectivity index is 2.15. The first-order valence-electron chi connectivity index (χ1n) is 7.40. The molecule has 4 nitrogen and oxygen atoms in total. The van der Waals surface area contributed by atoms with Gasteiger partial charge >= 0.3 is 11.9 Å². The van der Waals surface area contributed by atoms with E-state index < -0.39 is 18.1 Å². The highest BCUT2D eigenvalue weighted by molar-refractivity contribution is 6.64. The molecule has 0 N–H and O–H groups in total. The van der Waals surface area contributed by atoms with Crippen LogP contribution in [0.1, 0.15) is 39.0 Å². The Morgan fingerprint density at radius 3 is 2.32 bits per heavy atom. The number of ether oxygens (including phenoxy) is 1. The van der Waals surface area contributed by atoms with E-state index in [-0.39, 0.29) is 17.9 Å². The number of rotatable bonds is 8. The third-order valence-electron chi connectivity index (χ3n) is 3.52. The Bertz CT molecular complexity index is 293. The maximum absolute atomic E-state index is 11.1. The van der Waals surface area contributed by atoms with Gasteiger partial charge < -0.3 is 8.85 Å². The molecule has 1 rings (SSSR count). The molecule has 1 saturated heterocycles. The number of cyclic esters (lactones) is 2. The molecule has 1 heterocycles. The largest absolute Gasteiger partial charge is 0.460 e. The Kier molecular flexibility index (Phi) is 7.56. The van der Waals surface area contributed by atoms with Crippen molar-refractivity contribution in [2.45, 2.75) is 64.2 Å². The number of carbonyl (C=O) groups is 2. The molecule has 1 fully saturated rings. The molecule has 0 bridgehead atoms. The van der Waals surface area contributed by atoms with Gasteiger partial charge in [-0.15, -0.1) is 0 Å². The van der Waals surface area contributed by atoms with Crippen molar-refractivity contribution in [3.8, 4) is 0 Å². The van der Waals surface area contributed by atoms with Gasteiger partial charge in [0.05, 0.1) is 0 Å². The number of esters is 2. The Morgan fingerprint density at radius 2 is 1.74 bits per heavy atom. The third-order valence-corrected chi connectivity index (χ3v) is 9.85. The van der Waals surface area contributed by atoms with Gasteiger partial charge in [0.1, 0.15) is 0 Å². The SMILES string of the molecule is CCC[SiH](C)O[SiH](C)CCCC1CC(=O)OC(=O)C1. The Labute approximate surface area is 119 Å². The van der Waals surface area contributed by atoms with Crippen molar-refractivity contribution in [2.75, 3.05) is 0 Å². The van der Waals surface area contributed by atoms with Gasteiger partial charge in [-0.05, 0) is 37.5 Å². The molecule has 0 spiro atoms. The highest BCUT2D eigenvalue weighted by atomic mass is 28.4. The van der Waals surface area contributed by atoms with Crippen molar-refractivity contribution in [1.82, 2.24) is 0 Å². The molecule has 0 aromatic carbocycles. The van der Waals surface area contributed by atoms with E-state index in [0.29, 0.717) is 12.8 Å². The van der Waals surface area contributed by atoms with Crippen molar-refractivity contribution >= 4 is 30.0 Å². The van der Waals surface area contributed by atoms with Gasteiger partial charge in [0.25, 0.3) is 0 Å². The van der Waals surface area contributed by atoms with Gasteiger partial charge in [-0.25, -0.2) is 0 Å². The van der Waals surface area contributed by atoms with Crippen molar-refractivity contribution in [3.63, 3.8) is 0 Å². The van der Waals surface area contributed by atoms with Gasteiger partial charge in [0.2, 0.25) is 0 Å². The molecule has 2 unspecified atom stereocenters. The maximum Gasteiger partial charge on any atom is 0.313 e. The molecule has 0 aromatic heterocycles. The van der Waals surface area contributed by atoms with Crippen LogP contribution >= 0.6 is 0 Å². The van der Waals surface area contributed by atoms with E-state index >= 15 is 0 Å². The summed E-state index contributed by atoms with van der Waals surface area (Å²) in [6.07, 6.45) is 4.06. The van der Waals surface area contributed by atoms with Gasteiger partial charge in [-0.2, -0.15) is 0 Å². The van der Waals surface area contributed by atoms with Gasteiger partial charge in [0.15, 0.2) is 18.1 Å². The fourth-order valence-corrected chi connectivity index (χ4v) is 8.48. The van der Waals surface area contributed by atoms with E-state index in [9.17, 15) is 9.59 Å². The minimum Gasteiger partial charge on any atom is -0.460 e. The normalized spacial score (nSPS) is 20.2. The van der Waals surface area contributed by atoms with Crippen LogP contribution in [0.5, 0.6) is 0 Å². The second kappa shape index (κ2) is 8.65. The summed E-state index contributed by atoms with van der Waals surface area (Å²) in [5.74, 6) is -0.515. The third kappa shape index (κ3) is 7.03. The van der Waals surface area contributed by atoms with Crippen LogP contribution in [0, 0.1) is 5.92 Å². The molecule has 2 atom stereocenters. The zero-order valence-corrected chi connectivity index (χ0v) is 14.6. The number of hydrogen-bond acceptors (Lipinski definition) is 4. The van der Waals surface area contributed by atoms with Crippen LogP contribution in [0.15, 0.2) is 0 Å². The smallest absolute Gasteiger partial charge is 0.313 e. The monoisotopic (exact) mass is 302 g/mol. The average molecular weight is 303 g/mol. The summed E-state index contributed by atoms with van der Waals surface area (Å²) in [5, 5.41) is 0. The highest BCUT2D eigenvalue weighted by Gasteiger charge is 2.26. The van der Waals surface area contributed by atoms with E-state index in [1.165, 1.54) is 12.5 Å². The molecule has 110 valence electrons. The van der Waals surface area contributed by atoms with Crippen molar-refractivity contribution in [1.29, 1.82) is 0 Å². The van der Waals surface area contributed by atoms with Crippen LogP contribution in [0.3, 0.4) is 0 Å². The first kappa shape index (κ1) is 16.6. The van der Waals surface area contributed by atoms with Crippen molar-refractivity contribution in [2.24, 2.45) is 5.92 Å². The van der Waals surface area contributed by atoms with Gasteiger partial charge in [0, 0.05) is 12.8 Å². The lowest BCUT2D eigenvalue weighted by Crippen LogP contribution is -2.26. The predicted octanol–water partition coefficient (Wildman–Crippen LogP) is 2.38. The van der Waals surface area contributed by atoms with Gasteiger partial charge in [-0.3, -0.25) is 9.59 Å². The Morgan fingerprint density at radius 1 is 1.16 bits per heavy atom. The molecule has 0 aliphatic carbocycles. The lowest BCUT2D eigenvalue weighted by molar-refractivity contribution is -0.165. The van der Waals surface area contributed by atoms with Crippen molar-refractivity contribution in [3.05, 3.63) is 0 Å². The summed E-state index contributed by atoms with van der Waals surface area (Å²) >= 11 is 0. The first-order chi connectivity index (χ1) is 9.01.